The van der Waals surface area contributed by atoms with Gasteiger partial charge in [-0.1, -0.05) is 27.2 Å². The van der Waals surface area contributed by atoms with Crippen molar-refractivity contribution in [3.63, 3.8) is 0 Å². The van der Waals surface area contributed by atoms with Crippen LogP contribution >= 0.6 is 0 Å². The molecule has 82 valence electrons. The Bertz CT molecular complexity index is 213. The molecule has 0 aromatic heterocycles. The second-order valence-electron chi connectivity index (χ2n) is 4.96. The van der Waals surface area contributed by atoms with Crippen LogP contribution in [0.2, 0.25) is 0 Å². The Morgan fingerprint density at radius 1 is 1.64 bits per heavy atom. The second kappa shape index (κ2) is 4.30. The van der Waals surface area contributed by atoms with Crippen LogP contribution in [0.4, 0.5) is 0 Å². The lowest BCUT2D eigenvalue weighted by Crippen LogP contribution is -2.48. The zero-order chi connectivity index (χ0) is 10.8. The molecule has 0 aromatic carbocycles. The lowest BCUT2D eigenvalue weighted by atomic mass is 9.87. The van der Waals surface area contributed by atoms with Crippen molar-refractivity contribution in [1.82, 2.24) is 5.32 Å². The number of amides is 1. The number of nitrogens with two attached hydrogens (primary N) is 1. The van der Waals surface area contributed by atoms with Gasteiger partial charge in [0.1, 0.15) is 0 Å². The zero-order valence-corrected chi connectivity index (χ0v) is 9.47. The van der Waals surface area contributed by atoms with E-state index < -0.39 is 0 Å². The van der Waals surface area contributed by atoms with Crippen LogP contribution in [0.25, 0.3) is 0 Å². The molecule has 3 nitrogen and oxygen atoms in total. The van der Waals surface area contributed by atoms with Crippen molar-refractivity contribution >= 4 is 5.91 Å². The third-order valence-corrected chi connectivity index (χ3v) is 3.35. The molecule has 1 amide bonds. The van der Waals surface area contributed by atoms with Crippen molar-refractivity contribution in [2.75, 3.05) is 0 Å². The Morgan fingerprint density at radius 3 is 2.71 bits per heavy atom. The first-order chi connectivity index (χ1) is 6.47. The quantitative estimate of drug-likeness (QED) is 0.720. The molecule has 1 aliphatic carbocycles. The molecule has 0 radical (unpaired) electrons. The number of hydrogen-bond acceptors (Lipinski definition) is 2. The van der Waals surface area contributed by atoms with Crippen LogP contribution in [0, 0.1) is 5.41 Å². The summed E-state index contributed by atoms with van der Waals surface area (Å²) in [7, 11) is 0. The van der Waals surface area contributed by atoms with Gasteiger partial charge in [-0.15, -0.1) is 0 Å². The van der Waals surface area contributed by atoms with Crippen LogP contribution in [0.1, 0.15) is 46.5 Å². The number of nitrogens with one attached hydrogen (secondary N) is 1. The Balaban J connectivity index is 2.48. The van der Waals surface area contributed by atoms with Crippen LogP contribution in [0.15, 0.2) is 0 Å². The maximum Gasteiger partial charge on any atom is 0.237 e. The van der Waals surface area contributed by atoms with E-state index in [0.29, 0.717) is 12.5 Å². The smallest absolute Gasteiger partial charge is 0.237 e. The minimum atomic E-state index is -0.341. The molecule has 0 aromatic rings. The van der Waals surface area contributed by atoms with Crippen molar-refractivity contribution in [3.05, 3.63) is 0 Å². The van der Waals surface area contributed by atoms with Crippen molar-refractivity contribution < 1.29 is 4.79 Å². The number of rotatable bonds is 3. The summed E-state index contributed by atoms with van der Waals surface area (Å²) in [5.74, 6) is 0.00692. The van der Waals surface area contributed by atoms with Gasteiger partial charge in [0.25, 0.3) is 0 Å². The molecule has 3 heteroatoms. The van der Waals surface area contributed by atoms with Crippen LogP contribution in [0.5, 0.6) is 0 Å². The summed E-state index contributed by atoms with van der Waals surface area (Å²) >= 11 is 0. The largest absolute Gasteiger partial charge is 0.351 e. The molecule has 1 aliphatic rings. The highest BCUT2D eigenvalue weighted by Gasteiger charge is 2.35. The average Bonchev–Trinajstić information content (AvgIpc) is 2.44. The molecular weight excluding hydrogens is 176 g/mol. The van der Waals surface area contributed by atoms with E-state index in [4.69, 9.17) is 5.73 Å². The highest BCUT2D eigenvalue weighted by Crippen LogP contribution is 2.37. The molecular formula is C11H22N2O. The number of carbonyl (C=O) groups excluding carboxylic acids is 1. The summed E-state index contributed by atoms with van der Waals surface area (Å²) in [6.45, 7) is 6.36. The zero-order valence-electron chi connectivity index (χ0n) is 9.47. The van der Waals surface area contributed by atoms with Gasteiger partial charge in [0, 0.05) is 6.04 Å². The first-order valence-electron chi connectivity index (χ1n) is 5.53. The van der Waals surface area contributed by atoms with Crippen LogP contribution in [-0.2, 0) is 4.79 Å². The highest BCUT2D eigenvalue weighted by molar-refractivity contribution is 5.81. The molecule has 1 saturated carbocycles. The molecule has 1 unspecified atom stereocenters. The van der Waals surface area contributed by atoms with Gasteiger partial charge in [-0.2, -0.15) is 0 Å². The van der Waals surface area contributed by atoms with Gasteiger partial charge in [-0.25, -0.2) is 0 Å². The van der Waals surface area contributed by atoms with E-state index in [0.717, 1.165) is 6.42 Å². The Kier molecular flexibility index (Phi) is 3.53. The predicted molar refractivity (Wildman–Crippen MR) is 57.8 cm³/mol. The van der Waals surface area contributed by atoms with Crippen molar-refractivity contribution in [2.45, 2.75) is 58.5 Å². The van der Waals surface area contributed by atoms with E-state index >= 15 is 0 Å². The molecule has 1 fully saturated rings. The van der Waals surface area contributed by atoms with Gasteiger partial charge in [0.15, 0.2) is 0 Å². The highest BCUT2D eigenvalue weighted by atomic mass is 16.2. The first-order valence-corrected chi connectivity index (χ1v) is 5.53. The van der Waals surface area contributed by atoms with Crippen LogP contribution in [0.3, 0.4) is 0 Å². The van der Waals surface area contributed by atoms with Crippen molar-refractivity contribution in [2.24, 2.45) is 11.1 Å². The summed E-state index contributed by atoms with van der Waals surface area (Å²) in [4.78, 5) is 11.6. The normalized spacial score (nSPS) is 27.3. The summed E-state index contributed by atoms with van der Waals surface area (Å²) < 4.78 is 0. The van der Waals surface area contributed by atoms with Crippen molar-refractivity contribution in [3.8, 4) is 0 Å². The maximum atomic E-state index is 11.6. The molecule has 2 atom stereocenters. The van der Waals surface area contributed by atoms with E-state index in [1.165, 1.54) is 12.8 Å². The average molecular weight is 198 g/mol. The molecule has 0 saturated heterocycles. The Hall–Kier alpha value is -0.570. The van der Waals surface area contributed by atoms with Gasteiger partial charge in [0.05, 0.1) is 6.04 Å². The fourth-order valence-electron chi connectivity index (χ4n) is 2.06. The van der Waals surface area contributed by atoms with Gasteiger partial charge >= 0.3 is 0 Å². The van der Waals surface area contributed by atoms with E-state index in [2.05, 4.69) is 19.2 Å². The Morgan fingerprint density at radius 2 is 2.29 bits per heavy atom. The summed E-state index contributed by atoms with van der Waals surface area (Å²) in [5.41, 5.74) is 5.91. The third kappa shape index (κ3) is 2.47. The number of carbonyl (C=O) groups is 1. The SMILES string of the molecule is CC[C@@H](N)C(=O)NC1CCCC1(C)C. The van der Waals surface area contributed by atoms with Gasteiger partial charge < -0.3 is 11.1 Å². The summed E-state index contributed by atoms with van der Waals surface area (Å²) in [6.07, 6.45) is 4.20. The fraction of sp³-hybridized carbons (Fsp3) is 0.909. The van der Waals surface area contributed by atoms with E-state index in [1.54, 1.807) is 0 Å². The van der Waals surface area contributed by atoms with E-state index in [-0.39, 0.29) is 17.4 Å². The second-order valence-corrected chi connectivity index (χ2v) is 4.96. The summed E-state index contributed by atoms with van der Waals surface area (Å²) in [5, 5.41) is 3.06. The van der Waals surface area contributed by atoms with Gasteiger partial charge in [-0.3, -0.25) is 4.79 Å². The summed E-state index contributed by atoms with van der Waals surface area (Å²) in [6, 6.07) is -0.0287. The van der Waals surface area contributed by atoms with Gasteiger partial charge in [-0.05, 0) is 24.7 Å². The Labute approximate surface area is 86.4 Å². The molecule has 0 spiro atoms. The number of hydrogen-bond donors (Lipinski definition) is 2. The van der Waals surface area contributed by atoms with Crippen molar-refractivity contribution in [1.29, 1.82) is 0 Å². The molecule has 3 N–H and O–H groups in total. The van der Waals surface area contributed by atoms with Crippen LogP contribution < -0.4 is 11.1 Å². The minimum Gasteiger partial charge on any atom is -0.351 e. The predicted octanol–water partition coefficient (Wildman–Crippen LogP) is 1.42. The lowest BCUT2D eigenvalue weighted by molar-refractivity contribution is -0.123. The van der Waals surface area contributed by atoms with Gasteiger partial charge in [0.2, 0.25) is 5.91 Å². The molecule has 14 heavy (non-hydrogen) atoms. The maximum absolute atomic E-state index is 11.6. The third-order valence-electron chi connectivity index (χ3n) is 3.35. The molecule has 0 bridgehead atoms. The first kappa shape index (κ1) is 11.5. The molecule has 0 heterocycles. The van der Waals surface area contributed by atoms with E-state index in [9.17, 15) is 4.79 Å². The topological polar surface area (TPSA) is 55.1 Å². The monoisotopic (exact) mass is 198 g/mol. The minimum absolute atomic E-state index is 0.00692. The van der Waals surface area contributed by atoms with E-state index in [1.807, 2.05) is 6.92 Å². The van der Waals surface area contributed by atoms with Crippen LogP contribution in [-0.4, -0.2) is 18.0 Å². The lowest BCUT2D eigenvalue weighted by Gasteiger charge is -2.28. The fourth-order valence-corrected chi connectivity index (χ4v) is 2.06. The molecule has 0 aliphatic heterocycles. The standard InChI is InChI=1S/C11H22N2O/c1-4-8(12)10(14)13-9-6-5-7-11(9,2)3/h8-9H,4-7,12H2,1-3H3,(H,13,14)/t8-,9?/m1/s1. The molecule has 1 rings (SSSR count).